The number of para-hydroxylation sites is 1. The molecule has 2 aromatic heterocycles. The fourth-order valence-electron chi connectivity index (χ4n) is 2.31. The third-order valence-electron chi connectivity index (χ3n) is 3.38. The van der Waals surface area contributed by atoms with Gasteiger partial charge in [0.2, 0.25) is 5.75 Å². The molecule has 9 heteroatoms. The minimum absolute atomic E-state index is 0.0691. The molecule has 9 nitrogen and oxygen atoms in total. The van der Waals surface area contributed by atoms with Crippen LogP contribution in [-0.2, 0) is 4.79 Å². The second kappa shape index (κ2) is 7.43. The summed E-state index contributed by atoms with van der Waals surface area (Å²) in [4.78, 5) is 26.1. The first-order valence-corrected chi connectivity index (χ1v) is 7.69. The standard InChI is InChI=1S/C17H15N5O4/c1-12-10-15(21(20-12)13-6-3-2-4-7-13)19-16(23)11-26-14-8-5-9-18-17(14)22(24)25/h2-10H,11H2,1H3,(H,19,23). The molecule has 1 amide bonds. The third kappa shape index (κ3) is 3.83. The second-order valence-corrected chi connectivity index (χ2v) is 5.34. The van der Waals surface area contributed by atoms with Gasteiger partial charge in [0.15, 0.2) is 6.61 Å². The number of nitrogens with zero attached hydrogens (tertiary/aromatic N) is 4. The Hall–Kier alpha value is -3.75. The van der Waals surface area contributed by atoms with Crippen LogP contribution in [0.25, 0.3) is 5.69 Å². The molecule has 132 valence electrons. The van der Waals surface area contributed by atoms with Crippen molar-refractivity contribution in [2.75, 3.05) is 11.9 Å². The lowest BCUT2D eigenvalue weighted by Crippen LogP contribution is -2.22. The molecule has 0 saturated heterocycles. The summed E-state index contributed by atoms with van der Waals surface area (Å²) in [7, 11) is 0. The number of rotatable bonds is 6. The largest absolute Gasteiger partial charge is 0.476 e. The molecule has 0 aliphatic heterocycles. The second-order valence-electron chi connectivity index (χ2n) is 5.34. The first-order valence-electron chi connectivity index (χ1n) is 7.69. The number of carbonyl (C=O) groups is 1. The van der Waals surface area contributed by atoms with Crippen molar-refractivity contribution >= 4 is 17.5 Å². The molecule has 3 rings (SSSR count). The van der Waals surface area contributed by atoms with Crippen LogP contribution in [0.2, 0.25) is 0 Å². The van der Waals surface area contributed by atoms with Crippen molar-refractivity contribution < 1.29 is 14.5 Å². The van der Waals surface area contributed by atoms with E-state index in [9.17, 15) is 14.9 Å². The van der Waals surface area contributed by atoms with Crippen LogP contribution in [0.1, 0.15) is 5.69 Å². The van der Waals surface area contributed by atoms with E-state index in [2.05, 4.69) is 15.4 Å². The minimum atomic E-state index is -0.666. The van der Waals surface area contributed by atoms with Gasteiger partial charge in [0, 0.05) is 6.07 Å². The molecule has 0 fully saturated rings. The topological polar surface area (TPSA) is 112 Å². The van der Waals surface area contributed by atoms with E-state index in [1.165, 1.54) is 18.3 Å². The quantitative estimate of drug-likeness (QED) is 0.538. The van der Waals surface area contributed by atoms with Gasteiger partial charge < -0.3 is 20.2 Å². The Bertz CT molecular complexity index is 939. The number of nitrogens with one attached hydrogen (secondary N) is 1. The Morgan fingerprint density at radius 3 is 2.77 bits per heavy atom. The highest BCUT2D eigenvalue weighted by Crippen LogP contribution is 2.23. The number of pyridine rings is 1. The number of aromatic nitrogens is 3. The number of anilines is 1. The first-order chi connectivity index (χ1) is 12.5. The number of hydrogen-bond acceptors (Lipinski definition) is 6. The lowest BCUT2D eigenvalue weighted by Gasteiger charge is -2.09. The van der Waals surface area contributed by atoms with Gasteiger partial charge in [0.25, 0.3) is 5.91 Å². The lowest BCUT2D eigenvalue weighted by molar-refractivity contribution is -0.390. The third-order valence-corrected chi connectivity index (χ3v) is 3.38. The van der Waals surface area contributed by atoms with Crippen molar-refractivity contribution in [2.45, 2.75) is 6.92 Å². The smallest absolute Gasteiger partial charge is 0.406 e. The van der Waals surface area contributed by atoms with Crippen LogP contribution in [0.3, 0.4) is 0 Å². The zero-order valence-corrected chi connectivity index (χ0v) is 13.8. The van der Waals surface area contributed by atoms with Gasteiger partial charge in [0.05, 0.1) is 11.4 Å². The maximum absolute atomic E-state index is 12.2. The van der Waals surface area contributed by atoms with E-state index >= 15 is 0 Å². The van der Waals surface area contributed by atoms with Gasteiger partial charge in [-0.2, -0.15) is 5.10 Å². The summed E-state index contributed by atoms with van der Waals surface area (Å²) in [6.45, 7) is 1.41. The molecule has 0 aliphatic carbocycles. The minimum Gasteiger partial charge on any atom is -0.476 e. The van der Waals surface area contributed by atoms with Crippen LogP contribution in [0, 0.1) is 17.0 Å². The van der Waals surface area contributed by atoms with Crippen molar-refractivity contribution in [1.82, 2.24) is 14.8 Å². The van der Waals surface area contributed by atoms with Crippen LogP contribution in [0.5, 0.6) is 5.75 Å². The van der Waals surface area contributed by atoms with Crippen LogP contribution in [-0.4, -0.2) is 32.2 Å². The molecule has 0 radical (unpaired) electrons. The van der Waals surface area contributed by atoms with E-state index in [-0.39, 0.29) is 5.75 Å². The Balaban J connectivity index is 1.71. The SMILES string of the molecule is Cc1cc(NC(=O)COc2cccnc2[N+](=O)[O-])n(-c2ccccc2)n1. The highest BCUT2D eigenvalue weighted by Gasteiger charge is 2.17. The zero-order chi connectivity index (χ0) is 18.5. The molecule has 0 atom stereocenters. The number of nitro groups is 1. The van der Waals surface area contributed by atoms with Gasteiger partial charge in [-0.3, -0.25) is 4.79 Å². The lowest BCUT2D eigenvalue weighted by atomic mass is 10.3. The highest BCUT2D eigenvalue weighted by molar-refractivity contribution is 5.91. The Labute approximate surface area is 148 Å². The number of benzene rings is 1. The molecular formula is C17H15N5O4. The molecular weight excluding hydrogens is 338 g/mol. The van der Waals surface area contributed by atoms with Gasteiger partial charge in [0.1, 0.15) is 12.0 Å². The van der Waals surface area contributed by atoms with Gasteiger partial charge in [-0.05, 0) is 41.1 Å². The van der Waals surface area contributed by atoms with Crippen LogP contribution < -0.4 is 10.1 Å². The van der Waals surface area contributed by atoms with E-state index in [0.717, 1.165) is 11.4 Å². The molecule has 1 aromatic carbocycles. The summed E-state index contributed by atoms with van der Waals surface area (Å²) in [5, 5.41) is 18.0. The van der Waals surface area contributed by atoms with Gasteiger partial charge in [-0.1, -0.05) is 18.2 Å². The van der Waals surface area contributed by atoms with Crippen molar-refractivity contribution in [2.24, 2.45) is 0 Å². The van der Waals surface area contributed by atoms with Crippen LogP contribution in [0.4, 0.5) is 11.6 Å². The maximum atomic E-state index is 12.2. The molecule has 26 heavy (non-hydrogen) atoms. The van der Waals surface area contributed by atoms with Crippen LogP contribution in [0.15, 0.2) is 54.7 Å². The molecule has 0 saturated carbocycles. The summed E-state index contributed by atoms with van der Waals surface area (Å²) in [6, 6.07) is 13.9. The van der Waals surface area contributed by atoms with E-state index in [4.69, 9.17) is 4.74 Å². The van der Waals surface area contributed by atoms with Gasteiger partial charge in [-0.15, -0.1) is 0 Å². The molecule has 0 spiro atoms. The highest BCUT2D eigenvalue weighted by atomic mass is 16.6. The summed E-state index contributed by atoms with van der Waals surface area (Å²) < 4.78 is 6.84. The zero-order valence-electron chi connectivity index (χ0n) is 13.8. The summed E-state index contributed by atoms with van der Waals surface area (Å²) in [5.41, 5.74) is 1.52. The van der Waals surface area contributed by atoms with Gasteiger partial charge >= 0.3 is 5.82 Å². The number of amides is 1. The van der Waals surface area contributed by atoms with E-state index in [0.29, 0.717) is 5.82 Å². The summed E-state index contributed by atoms with van der Waals surface area (Å²) >= 11 is 0. The van der Waals surface area contributed by atoms with E-state index in [1.54, 1.807) is 10.7 Å². The van der Waals surface area contributed by atoms with Gasteiger partial charge in [-0.25, -0.2) is 4.68 Å². The fourth-order valence-corrected chi connectivity index (χ4v) is 2.31. The Morgan fingerprint density at radius 2 is 2.04 bits per heavy atom. The molecule has 0 aliphatic rings. The monoisotopic (exact) mass is 353 g/mol. The molecule has 2 heterocycles. The maximum Gasteiger partial charge on any atom is 0.406 e. The number of hydrogen-bond donors (Lipinski definition) is 1. The predicted octanol–water partition coefficient (Wildman–Crippen LogP) is 2.50. The number of ether oxygens (including phenoxy) is 1. The molecule has 1 N–H and O–H groups in total. The fraction of sp³-hybridized carbons (Fsp3) is 0.118. The average Bonchev–Trinajstić information content (AvgIpc) is 3.01. The van der Waals surface area contributed by atoms with Crippen molar-refractivity contribution in [3.63, 3.8) is 0 Å². The average molecular weight is 353 g/mol. The van der Waals surface area contributed by atoms with E-state index in [1.807, 2.05) is 37.3 Å². The van der Waals surface area contributed by atoms with E-state index < -0.39 is 23.3 Å². The number of carbonyl (C=O) groups excluding carboxylic acids is 1. The normalized spacial score (nSPS) is 10.3. The van der Waals surface area contributed by atoms with Crippen molar-refractivity contribution in [3.8, 4) is 11.4 Å². The summed E-state index contributed by atoms with van der Waals surface area (Å²) in [5.74, 6) is -0.505. The Kier molecular flexibility index (Phi) is 4.88. The predicted molar refractivity (Wildman–Crippen MR) is 93.3 cm³/mol. The molecule has 0 bridgehead atoms. The Morgan fingerprint density at radius 1 is 1.27 bits per heavy atom. The van der Waals surface area contributed by atoms with Crippen LogP contribution >= 0.6 is 0 Å². The summed E-state index contributed by atoms with van der Waals surface area (Å²) in [6.07, 6.45) is 1.28. The van der Waals surface area contributed by atoms with Crippen molar-refractivity contribution in [3.05, 3.63) is 70.5 Å². The molecule has 3 aromatic rings. The molecule has 0 unspecified atom stereocenters. The first kappa shape index (κ1) is 17.1. The van der Waals surface area contributed by atoms with Crippen molar-refractivity contribution in [1.29, 1.82) is 0 Å². The number of aryl methyl sites for hydroxylation is 1.